The summed E-state index contributed by atoms with van der Waals surface area (Å²) < 4.78 is 1.10. The van der Waals surface area contributed by atoms with Crippen molar-refractivity contribution in [1.29, 1.82) is 0 Å². The number of primary amides is 1. The highest BCUT2D eigenvalue weighted by molar-refractivity contribution is 9.10. The number of nitrogens with one attached hydrogen (secondary N) is 1. The van der Waals surface area contributed by atoms with Crippen LogP contribution in [0.5, 0.6) is 0 Å². The van der Waals surface area contributed by atoms with Gasteiger partial charge in [0.15, 0.2) is 0 Å². The minimum Gasteiger partial charge on any atom is -0.382 e. The molecule has 4 N–H and O–H groups in total. The lowest BCUT2D eigenvalue weighted by molar-refractivity contribution is -0.125. The van der Waals surface area contributed by atoms with Crippen LogP contribution in [0, 0.1) is 0 Å². The second-order valence-electron chi connectivity index (χ2n) is 4.75. The maximum Gasteiger partial charge on any atom is 0.247 e. The molecule has 0 aromatic heterocycles. The third-order valence-corrected chi connectivity index (χ3v) is 3.88. The van der Waals surface area contributed by atoms with Crippen molar-refractivity contribution in [1.82, 2.24) is 5.32 Å². The standard InChI is InChI=1S/C13H17BrN2O2/c14-10-3-1-2-8(4-10)9-5-11(6-9)16-7-12(17)13(15)18/h1-4,9,11-12,16-17H,5-7H2,(H2,15,18). The highest BCUT2D eigenvalue weighted by atomic mass is 79.9. The van der Waals surface area contributed by atoms with E-state index in [9.17, 15) is 9.90 Å². The third-order valence-electron chi connectivity index (χ3n) is 3.39. The van der Waals surface area contributed by atoms with Gasteiger partial charge in [0, 0.05) is 17.1 Å². The molecule has 1 aliphatic rings. The molecular formula is C13H17BrN2O2. The van der Waals surface area contributed by atoms with Crippen LogP contribution in [0.1, 0.15) is 24.3 Å². The minimum absolute atomic E-state index is 0.241. The van der Waals surface area contributed by atoms with Crippen molar-refractivity contribution < 1.29 is 9.90 Å². The Labute approximate surface area is 115 Å². The van der Waals surface area contributed by atoms with E-state index in [0.29, 0.717) is 12.0 Å². The van der Waals surface area contributed by atoms with Gasteiger partial charge in [-0.25, -0.2) is 0 Å². The van der Waals surface area contributed by atoms with Gasteiger partial charge in [-0.15, -0.1) is 0 Å². The van der Waals surface area contributed by atoms with Crippen LogP contribution in [0.3, 0.4) is 0 Å². The topological polar surface area (TPSA) is 75.4 Å². The molecule has 0 aliphatic heterocycles. The molecule has 0 radical (unpaired) electrons. The van der Waals surface area contributed by atoms with Crippen LogP contribution in [0.4, 0.5) is 0 Å². The molecule has 1 aromatic carbocycles. The van der Waals surface area contributed by atoms with E-state index in [1.807, 2.05) is 12.1 Å². The molecule has 1 fully saturated rings. The van der Waals surface area contributed by atoms with Crippen LogP contribution in [0.2, 0.25) is 0 Å². The Balaban J connectivity index is 1.76. The lowest BCUT2D eigenvalue weighted by Gasteiger charge is -2.36. The minimum atomic E-state index is -1.09. The van der Waals surface area contributed by atoms with Crippen LogP contribution in [-0.2, 0) is 4.79 Å². The Hall–Kier alpha value is -0.910. The number of hydrogen-bond donors (Lipinski definition) is 3. The van der Waals surface area contributed by atoms with Crippen LogP contribution in [0.15, 0.2) is 28.7 Å². The zero-order valence-electron chi connectivity index (χ0n) is 9.97. The Morgan fingerprint density at radius 1 is 1.56 bits per heavy atom. The molecule has 0 bridgehead atoms. The molecule has 18 heavy (non-hydrogen) atoms. The van der Waals surface area contributed by atoms with E-state index < -0.39 is 12.0 Å². The fraction of sp³-hybridized carbons (Fsp3) is 0.462. The smallest absolute Gasteiger partial charge is 0.247 e. The van der Waals surface area contributed by atoms with Gasteiger partial charge in [-0.3, -0.25) is 4.79 Å². The van der Waals surface area contributed by atoms with E-state index >= 15 is 0 Å². The Morgan fingerprint density at radius 2 is 2.28 bits per heavy atom. The maximum atomic E-state index is 10.7. The first-order valence-corrected chi connectivity index (χ1v) is 6.82. The van der Waals surface area contributed by atoms with E-state index in [1.54, 1.807) is 0 Å². The van der Waals surface area contributed by atoms with Gasteiger partial charge < -0.3 is 16.2 Å². The van der Waals surface area contributed by atoms with Crippen LogP contribution in [-0.4, -0.2) is 29.7 Å². The van der Waals surface area contributed by atoms with Gasteiger partial charge >= 0.3 is 0 Å². The molecule has 0 spiro atoms. The lowest BCUT2D eigenvalue weighted by atomic mass is 9.76. The second kappa shape index (κ2) is 5.82. The van der Waals surface area contributed by atoms with Crippen LogP contribution in [0.25, 0.3) is 0 Å². The van der Waals surface area contributed by atoms with E-state index in [1.165, 1.54) is 5.56 Å². The fourth-order valence-electron chi connectivity index (χ4n) is 2.20. The summed E-state index contributed by atoms with van der Waals surface area (Å²) in [5, 5.41) is 12.4. The quantitative estimate of drug-likeness (QED) is 0.763. The largest absolute Gasteiger partial charge is 0.382 e. The molecule has 1 aliphatic carbocycles. The summed E-state index contributed by atoms with van der Waals surface area (Å²) in [6.07, 6.45) is 0.971. The predicted octanol–water partition coefficient (Wildman–Crippen LogP) is 1.13. The van der Waals surface area contributed by atoms with Gasteiger partial charge in [0.25, 0.3) is 0 Å². The number of aliphatic hydroxyl groups is 1. The van der Waals surface area contributed by atoms with Crippen molar-refractivity contribution in [3.05, 3.63) is 34.3 Å². The Kier molecular flexibility index (Phi) is 4.37. The molecular weight excluding hydrogens is 296 g/mol. The number of rotatable bonds is 5. The van der Waals surface area contributed by atoms with Crippen molar-refractivity contribution in [2.75, 3.05) is 6.54 Å². The third kappa shape index (κ3) is 3.31. The molecule has 1 atom stereocenters. The summed E-state index contributed by atoms with van der Waals surface area (Å²) in [6, 6.07) is 8.68. The first kappa shape index (κ1) is 13.5. The summed E-state index contributed by atoms with van der Waals surface area (Å²) in [4.78, 5) is 10.7. The summed E-state index contributed by atoms with van der Waals surface area (Å²) in [7, 11) is 0. The number of nitrogens with two attached hydrogens (primary N) is 1. The number of carbonyl (C=O) groups is 1. The Bertz CT molecular complexity index is 433. The van der Waals surface area contributed by atoms with Crippen molar-refractivity contribution in [2.24, 2.45) is 5.73 Å². The highest BCUT2D eigenvalue weighted by Gasteiger charge is 2.30. The van der Waals surface area contributed by atoms with Crippen molar-refractivity contribution in [3.8, 4) is 0 Å². The molecule has 1 unspecified atom stereocenters. The first-order chi connectivity index (χ1) is 8.56. The molecule has 2 rings (SSSR count). The number of hydrogen-bond acceptors (Lipinski definition) is 3. The number of halogens is 1. The highest BCUT2D eigenvalue weighted by Crippen LogP contribution is 2.37. The molecule has 4 nitrogen and oxygen atoms in total. The van der Waals surface area contributed by atoms with E-state index in [2.05, 4.69) is 33.4 Å². The van der Waals surface area contributed by atoms with Crippen LogP contribution < -0.4 is 11.1 Å². The van der Waals surface area contributed by atoms with Gasteiger partial charge in [0.1, 0.15) is 6.10 Å². The summed E-state index contributed by atoms with van der Waals surface area (Å²) in [6.45, 7) is 0.241. The molecule has 0 heterocycles. The SMILES string of the molecule is NC(=O)C(O)CNC1CC(c2cccc(Br)c2)C1. The van der Waals surface area contributed by atoms with Gasteiger partial charge in [0.2, 0.25) is 5.91 Å². The van der Waals surface area contributed by atoms with Gasteiger partial charge in [-0.05, 0) is 36.5 Å². The molecule has 1 saturated carbocycles. The summed E-state index contributed by atoms with van der Waals surface area (Å²) in [5.74, 6) is -0.115. The van der Waals surface area contributed by atoms with Crippen molar-refractivity contribution in [2.45, 2.75) is 30.9 Å². The molecule has 5 heteroatoms. The first-order valence-electron chi connectivity index (χ1n) is 6.02. The second-order valence-corrected chi connectivity index (χ2v) is 5.66. The average molecular weight is 313 g/mol. The van der Waals surface area contributed by atoms with Gasteiger partial charge in [0.05, 0.1) is 0 Å². The van der Waals surface area contributed by atoms with E-state index in [-0.39, 0.29) is 6.54 Å². The van der Waals surface area contributed by atoms with Gasteiger partial charge in [-0.2, -0.15) is 0 Å². The number of benzene rings is 1. The number of aliphatic hydroxyl groups excluding tert-OH is 1. The normalized spacial score (nSPS) is 24.3. The average Bonchev–Trinajstić information content (AvgIpc) is 2.26. The van der Waals surface area contributed by atoms with E-state index in [0.717, 1.165) is 17.3 Å². The van der Waals surface area contributed by atoms with Crippen molar-refractivity contribution in [3.63, 3.8) is 0 Å². The summed E-state index contributed by atoms with van der Waals surface area (Å²) >= 11 is 3.46. The van der Waals surface area contributed by atoms with Crippen LogP contribution >= 0.6 is 15.9 Å². The molecule has 1 amide bonds. The van der Waals surface area contributed by atoms with E-state index in [4.69, 9.17) is 5.73 Å². The van der Waals surface area contributed by atoms with Gasteiger partial charge in [-0.1, -0.05) is 28.1 Å². The molecule has 0 saturated heterocycles. The summed E-state index contributed by atoms with van der Waals surface area (Å²) in [5.41, 5.74) is 6.31. The molecule has 98 valence electrons. The predicted molar refractivity (Wildman–Crippen MR) is 73.1 cm³/mol. The molecule has 1 aromatic rings. The number of carbonyl (C=O) groups excluding carboxylic acids is 1. The zero-order valence-corrected chi connectivity index (χ0v) is 11.6. The maximum absolute atomic E-state index is 10.7. The fourth-order valence-corrected chi connectivity index (χ4v) is 2.61. The lowest BCUT2D eigenvalue weighted by Crippen LogP contribution is -2.46. The zero-order chi connectivity index (χ0) is 13.1. The Morgan fingerprint density at radius 3 is 2.89 bits per heavy atom. The monoisotopic (exact) mass is 312 g/mol. The number of amides is 1. The van der Waals surface area contributed by atoms with Crippen molar-refractivity contribution >= 4 is 21.8 Å².